The lowest BCUT2D eigenvalue weighted by Gasteiger charge is -2.25. The summed E-state index contributed by atoms with van der Waals surface area (Å²) in [6.45, 7) is 0. The molecule has 4 amide bonds. The standard InChI is InChI=1S/C29H35N7O6/c30-21(13-18-7-3-1-4-8-18)26(38)35-23(15-20-16-32-17-33-20)28(40)34-22(11-12-25(31)37)27(39)36-24(29(41)42)14-19-9-5-2-6-10-19/h1-10,16-17,21-24H,11-15,30H2,(H2,31,37)(H,32,33)(H,34,40)(H,35,38)(H,36,39)(H,41,42). The smallest absolute Gasteiger partial charge is 0.326 e. The number of imidazole rings is 1. The monoisotopic (exact) mass is 577 g/mol. The lowest BCUT2D eigenvalue weighted by Crippen LogP contribution is -2.58. The van der Waals surface area contributed by atoms with Gasteiger partial charge >= 0.3 is 5.97 Å². The predicted molar refractivity (Wildman–Crippen MR) is 152 cm³/mol. The van der Waals surface area contributed by atoms with Gasteiger partial charge in [-0.3, -0.25) is 19.2 Å². The number of nitrogens with one attached hydrogen (secondary N) is 4. The Balaban J connectivity index is 1.74. The predicted octanol–water partition coefficient (Wildman–Crippen LogP) is -0.431. The van der Waals surface area contributed by atoms with Crippen molar-refractivity contribution in [3.8, 4) is 0 Å². The van der Waals surface area contributed by atoms with Crippen molar-refractivity contribution in [2.45, 2.75) is 56.3 Å². The summed E-state index contributed by atoms with van der Waals surface area (Å²) in [5.41, 5.74) is 13.4. The third-order valence-corrected chi connectivity index (χ3v) is 6.46. The number of carbonyl (C=O) groups excluding carboxylic acids is 4. The first kappa shape index (κ1) is 31.5. The molecule has 0 aliphatic heterocycles. The molecule has 0 aliphatic carbocycles. The summed E-state index contributed by atoms with van der Waals surface area (Å²) < 4.78 is 0. The van der Waals surface area contributed by atoms with Gasteiger partial charge in [-0.2, -0.15) is 0 Å². The molecule has 0 saturated heterocycles. The van der Waals surface area contributed by atoms with Crippen molar-refractivity contribution >= 4 is 29.6 Å². The number of carboxylic acid groups (broad SMARTS) is 1. The summed E-state index contributed by atoms with van der Waals surface area (Å²) >= 11 is 0. The van der Waals surface area contributed by atoms with E-state index in [9.17, 15) is 29.1 Å². The van der Waals surface area contributed by atoms with Crippen LogP contribution in [-0.4, -0.2) is 68.8 Å². The Kier molecular flexibility index (Phi) is 11.7. The number of aromatic amines is 1. The fourth-order valence-corrected chi connectivity index (χ4v) is 4.21. The number of amides is 4. The second kappa shape index (κ2) is 15.7. The van der Waals surface area contributed by atoms with Crippen LogP contribution in [-0.2, 0) is 43.2 Å². The molecule has 9 N–H and O–H groups in total. The van der Waals surface area contributed by atoms with Gasteiger partial charge in [0.05, 0.1) is 12.4 Å². The minimum absolute atomic E-state index is 0.00376. The lowest BCUT2D eigenvalue weighted by atomic mass is 10.0. The second-order valence-corrected chi connectivity index (χ2v) is 9.79. The highest BCUT2D eigenvalue weighted by molar-refractivity contribution is 5.94. The molecule has 0 fully saturated rings. The Hall–Kier alpha value is -5.04. The summed E-state index contributed by atoms with van der Waals surface area (Å²) in [4.78, 5) is 69.8. The Bertz CT molecular complexity index is 1340. The summed E-state index contributed by atoms with van der Waals surface area (Å²) in [5, 5.41) is 17.3. The molecule has 4 atom stereocenters. The molecule has 1 aromatic heterocycles. The first-order valence-electron chi connectivity index (χ1n) is 13.3. The van der Waals surface area contributed by atoms with Gasteiger partial charge in [0.1, 0.15) is 18.1 Å². The van der Waals surface area contributed by atoms with Gasteiger partial charge in [-0.1, -0.05) is 60.7 Å². The van der Waals surface area contributed by atoms with Crippen LogP contribution in [0.4, 0.5) is 0 Å². The Morgan fingerprint density at radius 3 is 1.86 bits per heavy atom. The number of hydrogen-bond donors (Lipinski definition) is 7. The molecule has 4 unspecified atom stereocenters. The number of benzene rings is 2. The van der Waals surface area contributed by atoms with Crippen LogP contribution in [0.5, 0.6) is 0 Å². The molecule has 1 heterocycles. The van der Waals surface area contributed by atoms with E-state index in [1.54, 1.807) is 30.3 Å². The zero-order chi connectivity index (χ0) is 30.5. The number of nitrogens with zero attached hydrogens (tertiary/aromatic N) is 1. The number of nitrogens with two attached hydrogens (primary N) is 2. The van der Waals surface area contributed by atoms with Crippen LogP contribution >= 0.6 is 0 Å². The molecule has 3 rings (SSSR count). The molecule has 0 bridgehead atoms. The third kappa shape index (κ3) is 10.2. The second-order valence-electron chi connectivity index (χ2n) is 9.79. The number of primary amides is 1. The van der Waals surface area contributed by atoms with Gasteiger partial charge in [0, 0.05) is 31.2 Å². The number of aromatic nitrogens is 2. The lowest BCUT2D eigenvalue weighted by molar-refractivity contribution is -0.142. The van der Waals surface area contributed by atoms with E-state index in [1.165, 1.54) is 12.5 Å². The Labute approximate surface area is 242 Å². The molecular formula is C29H35N7O6. The number of carbonyl (C=O) groups is 5. The number of H-pyrrole nitrogens is 1. The third-order valence-electron chi connectivity index (χ3n) is 6.46. The maximum atomic E-state index is 13.4. The number of aliphatic carboxylic acids is 1. The van der Waals surface area contributed by atoms with Crippen LogP contribution in [0.1, 0.15) is 29.7 Å². The molecule has 13 nitrogen and oxygen atoms in total. The van der Waals surface area contributed by atoms with Crippen LogP contribution < -0.4 is 27.4 Å². The highest BCUT2D eigenvalue weighted by atomic mass is 16.4. The van der Waals surface area contributed by atoms with Crippen molar-refractivity contribution in [2.75, 3.05) is 0 Å². The van der Waals surface area contributed by atoms with Crippen molar-refractivity contribution in [2.24, 2.45) is 11.5 Å². The number of hydrogen-bond acceptors (Lipinski definition) is 7. The van der Waals surface area contributed by atoms with Crippen LogP contribution in [0.2, 0.25) is 0 Å². The van der Waals surface area contributed by atoms with Crippen molar-refractivity contribution in [1.82, 2.24) is 25.9 Å². The molecule has 0 spiro atoms. The van der Waals surface area contributed by atoms with E-state index < -0.39 is 53.8 Å². The van der Waals surface area contributed by atoms with Gasteiger partial charge in [-0.15, -0.1) is 0 Å². The van der Waals surface area contributed by atoms with E-state index in [1.807, 2.05) is 30.3 Å². The van der Waals surface area contributed by atoms with Crippen LogP contribution in [0.25, 0.3) is 0 Å². The maximum absolute atomic E-state index is 13.4. The van der Waals surface area contributed by atoms with Crippen molar-refractivity contribution in [3.05, 3.63) is 90.0 Å². The molecule has 42 heavy (non-hydrogen) atoms. The Morgan fingerprint density at radius 2 is 1.31 bits per heavy atom. The highest BCUT2D eigenvalue weighted by Crippen LogP contribution is 2.08. The summed E-state index contributed by atoms with van der Waals surface area (Å²) in [6.07, 6.45) is 2.66. The van der Waals surface area contributed by atoms with E-state index in [2.05, 4.69) is 25.9 Å². The fourth-order valence-electron chi connectivity index (χ4n) is 4.21. The van der Waals surface area contributed by atoms with Crippen LogP contribution in [0.15, 0.2) is 73.2 Å². The van der Waals surface area contributed by atoms with Gasteiger partial charge in [0.25, 0.3) is 0 Å². The van der Waals surface area contributed by atoms with Gasteiger partial charge in [0.15, 0.2) is 0 Å². The molecule has 0 radical (unpaired) electrons. The summed E-state index contributed by atoms with van der Waals surface area (Å²) in [7, 11) is 0. The molecular weight excluding hydrogens is 542 g/mol. The maximum Gasteiger partial charge on any atom is 0.326 e. The quantitative estimate of drug-likeness (QED) is 0.118. The molecule has 2 aromatic carbocycles. The minimum Gasteiger partial charge on any atom is -0.480 e. The molecule has 0 aliphatic rings. The fraction of sp³-hybridized carbons (Fsp3) is 0.310. The van der Waals surface area contributed by atoms with E-state index in [4.69, 9.17) is 11.5 Å². The highest BCUT2D eigenvalue weighted by Gasteiger charge is 2.31. The zero-order valence-electron chi connectivity index (χ0n) is 22.9. The van der Waals surface area contributed by atoms with E-state index >= 15 is 0 Å². The first-order chi connectivity index (χ1) is 20.1. The van der Waals surface area contributed by atoms with Gasteiger partial charge in [0.2, 0.25) is 23.6 Å². The zero-order valence-corrected chi connectivity index (χ0v) is 22.9. The van der Waals surface area contributed by atoms with Crippen LogP contribution in [0, 0.1) is 0 Å². The first-order valence-corrected chi connectivity index (χ1v) is 13.3. The summed E-state index contributed by atoms with van der Waals surface area (Å²) in [5.74, 6) is -4.14. The average Bonchev–Trinajstić information content (AvgIpc) is 3.48. The van der Waals surface area contributed by atoms with Gasteiger partial charge in [-0.05, 0) is 24.0 Å². The van der Waals surface area contributed by atoms with Gasteiger partial charge < -0.3 is 37.5 Å². The minimum atomic E-state index is -1.32. The summed E-state index contributed by atoms with van der Waals surface area (Å²) in [6, 6.07) is 13.1. The number of rotatable bonds is 16. The van der Waals surface area contributed by atoms with E-state index in [-0.39, 0.29) is 32.1 Å². The largest absolute Gasteiger partial charge is 0.480 e. The van der Waals surface area contributed by atoms with Crippen molar-refractivity contribution in [1.29, 1.82) is 0 Å². The molecule has 13 heteroatoms. The van der Waals surface area contributed by atoms with Crippen molar-refractivity contribution < 1.29 is 29.1 Å². The number of carboxylic acids is 1. The Morgan fingerprint density at radius 1 is 0.762 bits per heavy atom. The van der Waals surface area contributed by atoms with Crippen LogP contribution in [0.3, 0.4) is 0 Å². The SMILES string of the molecule is NC(=O)CCC(NC(=O)C(Cc1cnc[nH]1)NC(=O)C(N)Cc1ccccc1)C(=O)NC(Cc1ccccc1)C(=O)O. The van der Waals surface area contributed by atoms with Gasteiger partial charge in [-0.25, -0.2) is 9.78 Å². The van der Waals surface area contributed by atoms with E-state index in [0.29, 0.717) is 11.3 Å². The molecule has 3 aromatic rings. The molecule has 222 valence electrons. The van der Waals surface area contributed by atoms with Crippen molar-refractivity contribution in [3.63, 3.8) is 0 Å². The molecule has 0 saturated carbocycles. The average molecular weight is 578 g/mol. The topological polar surface area (TPSA) is 222 Å². The van der Waals surface area contributed by atoms with E-state index in [0.717, 1.165) is 5.56 Å². The normalized spacial score (nSPS) is 13.6.